The highest BCUT2D eigenvalue weighted by Gasteiger charge is 2.25. The molecule has 0 aliphatic rings. The van der Waals surface area contributed by atoms with Crippen LogP contribution in [0.4, 0.5) is 10.5 Å². The Labute approximate surface area is 275 Å². The van der Waals surface area contributed by atoms with E-state index in [9.17, 15) is 18.0 Å². The number of benzene rings is 3. The Bertz CT molecular complexity index is 2010. The van der Waals surface area contributed by atoms with Crippen LogP contribution in [0, 0.1) is 0 Å². The minimum absolute atomic E-state index is 0.193. The van der Waals surface area contributed by atoms with Crippen molar-refractivity contribution in [2.45, 2.75) is 24.4 Å². The van der Waals surface area contributed by atoms with E-state index in [1.165, 1.54) is 31.1 Å². The van der Waals surface area contributed by atoms with Gasteiger partial charge >= 0.3 is 6.09 Å². The van der Waals surface area contributed by atoms with Gasteiger partial charge in [0, 0.05) is 27.9 Å². The monoisotopic (exact) mass is 672 g/mol. The first-order valence-electron chi connectivity index (χ1n) is 14.3. The summed E-state index contributed by atoms with van der Waals surface area (Å²) in [6.07, 6.45) is 4.07. The number of hydrogen-bond acceptors (Lipinski definition) is 10. The number of ether oxygens (including phenoxy) is 1. The molecule has 15 heteroatoms. The number of carbonyl (C=O) groups excluding carboxylic acids is 2. The Kier molecular flexibility index (Phi) is 10.3. The van der Waals surface area contributed by atoms with Gasteiger partial charge in [0.05, 0.1) is 30.3 Å². The first kappa shape index (κ1) is 32.9. The van der Waals surface area contributed by atoms with Gasteiger partial charge in [-0.2, -0.15) is 9.78 Å². The minimum Gasteiger partial charge on any atom is -0.453 e. The van der Waals surface area contributed by atoms with Gasteiger partial charge in [0.2, 0.25) is 5.91 Å². The van der Waals surface area contributed by atoms with E-state index in [0.717, 1.165) is 5.56 Å². The smallest absolute Gasteiger partial charge is 0.411 e. The summed E-state index contributed by atoms with van der Waals surface area (Å²) in [5.41, 5.74) is 3.73. The fraction of sp³-hybridized carbons (Fsp3) is 0.156. The number of methoxy groups -OCH3 is 1. The minimum atomic E-state index is -3.79. The van der Waals surface area contributed by atoms with Crippen LogP contribution in [-0.4, -0.2) is 63.7 Å². The highest BCUT2D eigenvalue weighted by Crippen LogP contribution is 2.30. The Morgan fingerprint density at radius 3 is 2.47 bits per heavy atom. The number of hydrogen-bond donors (Lipinski definition) is 2. The maximum atomic E-state index is 13.4. The third-order valence-electron chi connectivity index (χ3n) is 7.04. The van der Waals surface area contributed by atoms with Gasteiger partial charge < -0.3 is 10.1 Å². The van der Waals surface area contributed by atoms with Crippen molar-refractivity contribution in [3.8, 4) is 16.8 Å². The van der Waals surface area contributed by atoms with Crippen LogP contribution in [0.3, 0.4) is 0 Å². The zero-order valence-electron chi connectivity index (χ0n) is 25.2. The molecule has 0 radical (unpaired) electrons. The summed E-state index contributed by atoms with van der Waals surface area (Å²) in [6.45, 7) is 1.52. The van der Waals surface area contributed by atoms with Gasteiger partial charge in [0.1, 0.15) is 6.33 Å². The van der Waals surface area contributed by atoms with Crippen LogP contribution in [0.2, 0.25) is 5.02 Å². The van der Waals surface area contributed by atoms with Crippen molar-refractivity contribution in [1.82, 2.24) is 35.7 Å². The molecule has 0 aliphatic carbocycles. The van der Waals surface area contributed by atoms with Gasteiger partial charge in [-0.3, -0.25) is 10.1 Å². The predicted octanol–water partition coefficient (Wildman–Crippen LogP) is 4.86. The standard InChI is InChI=1S/C32H29ClN8O5S/c1-3-47(44,45)31-26(22-9-13-25(14-10-22)35-32(43)46-2)19-28(37-38-31)27(17-21-7-5-4-6-8-21)36-30(42)16-11-23-18-24(33)12-15-29(23)41-20-34-39-40-41/h4-16,18-20,27H,3,17H2,1-2H3,(H,35,43)(H,36,42)/b16-11+/t27-/m0/s1. The predicted molar refractivity (Wildman–Crippen MR) is 175 cm³/mol. The van der Waals surface area contributed by atoms with Gasteiger partial charge in [-0.05, 0) is 70.4 Å². The Balaban J connectivity index is 1.51. The van der Waals surface area contributed by atoms with Gasteiger partial charge in [-0.25, -0.2) is 13.2 Å². The summed E-state index contributed by atoms with van der Waals surface area (Å²) in [7, 11) is -2.54. The van der Waals surface area contributed by atoms with Crippen molar-refractivity contribution >= 4 is 45.2 Å². The van der Waals surface area contributed by atoms with Crippen LogP contribution >= 0.6 is 11.6 Å². The quantitative estimate of drug-likeness (QED) is 0.185. The van der Waals surface area contributed by atoms with Crippen molar-refractivity contribution in [1.29, 1.82) is 0 Å². The number of carbonyl (C=O) groups is 2. The lowest BCUT2D eigenvalue weighted by atomic mass is 10.00. The number of anilines is 1. The number of tetrazole rings is 1. The second-order valence-electron chi connectivity index (χ2n) is 10.1. The first-order chi connectivity index (χ1) is 22.7. The van der Waals surface area contributed by atoms with E-state index in [0.29, 0.717) is 45.2 Å². The normalized spacial score (nSPS) is 12.1. The first-order valence-corrected chi connectivity index (χ1v) is 16.3. The van der Waals surface area contributed by atoms with Crippen LogP contribution < -0.4 is 10.6 Å². The van der Waals surface area contributed by atoms with Crippen molar-refractivity contribution < 1.29 is 22.7 Å². The van der Waals surface area contributed by atoms with Crippen molar-refractivity contribution in [2.24, 2.45) is 0 Å². The van der Waals surface area contributed by atoms with Crippen molar-refractivity contribution in [3.05, 3.63) is 113 Å². The average Bonchev–Trinajstić information content (AvgIpc) is 3.62. The number of aromatic nitrogens is 6. The second-order valence-corrected chi connectivity index (χ2v) is 12.8. The Hall–Kier alpha value is -5.47. The van der Waals surface area contributed by atoms with E-state index in [1.807, 2.05) is 30.3 Å². The van der Waals surface area contributed by atoms with E-state index >= 15 is 0 Å². The van der Waals surface area contributed by atoms with Gasteiger partial charge in [0.25, 0.3) is 0 Å². The molecule has 2 heterocycles. The lowest BCUT2D eigenvalue weighted by Crippen LogP contribution is -2.29. The molecular weight excluding hydrogens is 644 g/mol. The molecule has 2 amide bonds. The lowest BCUT2D eigenvalue weighted by molar-refractivity contribution is -0.117. The fourth-order valence-corrected chi connectivity index (χ4v) is 5.78. The van der Waals surface area contributed by atoms with Gasteiger partial charge in [-0.15, -0.1) is 10.2 Å². The molecule has 2 N–H and O–H groups in total. The molecule has 0 aliphatic heterocycles. The van der Waals surface area contributed by atoms with Crippen LogP contribution in [0.15, 0.2) is 96.3 Å². The summed E-state index contributed by atoms with van der Waals surface area (Å²) < 4.78 is 32.2. The number of rotatable bonds is 11. The van der Waals surface area contributed by atoms with Gasteiger partial charge in [-0.1, -0.05) is 61.0 Å². The molecule has 3 aromatic carbocycles. The largest absolute Gasteiger partial charge is 0.453 e. The number of nitrogens with zero attached hydrogens (tertiary/aromatic N) is 6. The maximum absolute atomic E-state index is 13.4. The van der Waals surface area contributed by atoms with E-state index in [1.54, 1.807) is 54.6 Å². The van der Waals surface area contributed by atoms with E-state index in [2.05, 4.69) is 41.1 Å². The molecule has 0 spiro atoms. The van der Waals surface area contributed by atoms with E-state index < -0.39 is 27.9 Å². The topological polar surface area (TPSA) is 171 Å². The summed E-state index contributed by atoms with van der Waals surface area (Å²) in [5.74, 6) is -0.637. The number of amides is 2. The molecule has 240 valence electrons. The lowest BCUT2D eigenvalue weighted by Gasteiger charge is -2.19. The van der Waals surface area contributed by atoms with Crippen LogP contribution in [-0.2, 0) is 25.8 Å². The SMILES string of the molecule is CCS(=O)(=O)c1nnc([C@H](Cc2ccccc2)NC(=O)/C=C/c2cc(Cl)ccc2-n2cnnn2)cc1-c1ccc(NC(=O)OC)cc1. The van der Waals surface area contributed by atoms with Gasteiger partial charge in [0.15, 0.2) is 14.9 Å². The molecule has 2 aromatic heterocycles. The average molecular weight is 673 g/mol. The van der Waals surface area contributed by atoms with Crippen molar-refractivity contribution in [2.75, 3.05) is 18.2 Å². The summed E-state index contributed by atoms with van der Waals surface area (Å²) in [4.78, 5) is 25.0. The number of nitrogens with one attached hydrogen (secondary N) is 2. The zero-order valence-corrected chi connectivity index (χ0v) is 26.8. The second kappa shape index (κ2) is 14.7. The summed E-state index contributed by atoms with van der Waals surface area (Å²) in [5, 5.41) is 25.5. The van der Waals surface area contributed by atoms with Crippen LogP contribution in [0.25, 0.3) is 22.9 Å². The molecule has 0 saturated heterocycles. The fourth-order valence-electron chi connectivity index (χ4n) is 4.64. The highest BCUT2D eigenvalue weighted by atomic mass is 35.5. The third kappa shape index (κ3) is 8.23. The number of halogens is 1. The molecule has 13 nitrogen and oxygen atoms in total. The third-order valence-corrected chi connectivity index (χ3v) is 8.92. The summed E-state index contributed by atoms with van der Waals surface area (Å²) >= 11 is 6.23. The summed E-state index contributed by atoms with van der Waals surface area (Å²) in [6, 6.07) is 22.0. The van der Waals surface area contributed by atoms with E-state index in [-0.39, 0.29) is 10.8 Å². The van der Waals surface area contributed by atoms with Crippen LogP contribution in [0.5, 0.6) is 0 Å². The molecule has 0 bridgehead atoms. The highest BCUT2D eigenvalue weighted by molar-refractivity contribution is 7.91. The van der Waals surface area contributed by atoms with Crippen LogP contribution in [0.1, 0.15) is 29.8 Å². The maximum Gasteiger partial charge on any atom is 0.411 e. The Morgan fingerprint density at radius 2 is 1.79 bits per heavy atom. The molecule has 47 heavy (non-hydrogen) atoms. The molecule has 0 saturated carbocycles. The molecule has 5 aromatic rings. The van der Waals surface area contributed by atoms with Crippen molar-refractivity contribution in [3.63, 3.8) is 0 Å². The Morgan fingerprint density at radius 1 is 1.02 bits per heavy atom. The zero-order chi connectivity index (χ0) is 33.4. The molecule has 1 atom stereocenters. The van der Waals surface area contributed by atoms with E-state index in [4.69, 9.17) is 11.6 Å². The number of sulfone groups is 1. The molecule has 0 unspecified atom stereocenters. The molecule has 5 rings (SSSR count). The molecule has 0 fully saturated rings. The molecular formula is C32H29ClN8O5S.